The molecule has 0 radical (unpaired) electrons. The average Bonchev–Trinajstić information content (AvgIpc) is 2.95. The van der Waals surface area contributed by atoms with Crippen molar-refractivity contribution >= 4 is 50.0 Å². The van der Waals surface area contributed by atoms with Gasteiger partial charge in [0, 0.05) is 0 Å². The van der Waals surface area contributed by atoms with E-state index in [1.807, 2.05) is 29.8 Å². The largest absolute Gasteiger partial charge is 0.383 e. The Labute approximate surface area is 128 Å². The van der Waals surface area contributed by atoms with Gasteiger partial charge in [-0.05, 0) is 48.6 Å². The molecule has 2 N–H and O–H groups in total. The summed E-state index contributed by atoms with van der Waals surface area (Å²) in [4.78, 5) is 4.67. The van der Waals surface area contributed by atoms with Crippen LogP contribution in [0.5, 0.6) is 0 Å². The van der Waals surface area contributed by atoms with Crippen molar-refractivity contribution in [3.8, 4) is 0 Å². The first kappa shape index (κ1) is 12.9. The van der Waals surface area contributed by atoms with E-state index in [9.17, 15) is 0 Å². The minimum absolute atomic E-state index is 0.0552. The maximum absolute atomic E-state index is 6.11. The van der Waals surface area contributed by atoms with Gasteiger partial charge in [-0.1, -0.05) is 12.1 Å². The summed E-state index contributed by atoms with van der Waals surface area (Å²) in [6.07, 6.45) is 0. The molecular weight excluding hydrogens is 371 g/mol. The molecule has 1 atom stereocenters. The molecule has 0 bridgehead atoms. The highest BCUT2D eigenvalue weighted by Gasteiger charge is 2.19. The molecule has 0 aliphatic heterocycles. The Balaban J connectivity index is 2.07. The fraction of sp³-hybridized carbons (Fsp3) is 0.231. The first-order valence-electron chi connectivity index (χ1n) is 5.93. The lowest BCUT2D eigenvalue weighted by Gasteiger charge is -2.10. The monoisotopic (exact) mass is 384 g/mol. The molecule has 0 aliphatic rings. The molecular formula is C13H13IN4S. The summed E-state index contributed by atoms with van der Waals surface area (Å²) in [5.41, 5.74) is 8.10. The van der Waals surface area contributed by atoms with Crippen molar-refractivity contribution in [2.75, 3.05) is 5.73 Å². The van der Waals surface area contributed by atoms with Crippen LogP contribution in [0.15, 0.2) is 24.3 Å². The van der Waals surface area contributed by atoms with Crippen LogP contribution in [0.4, 0.5) is 5.82 Å². The zero-order chi connectivity index (χ0) is 13.6. The number of fused-ring (bicyclic) bond motifs is 1. The van der Waals surface area contributed by atoms with Crippen LogP contribution in [0.2, 0.25) is 0 Å². The summed E-state index contributed by atoms with van der Waals surface area (Å²) in [6, 6.07) is 8.21. The van der Waals surface area contributed by atoms with Crippen molar-refractivity contribution in [3.63, 3.8) is 0 Å². The highest BCUT2D eigenvalue weighted by Crippen LogP contribution is 2.31. The Morgan fingerprint density at radius 3 is 2.74 bits per heavy atom. The van der Waals surface area contributed by atoms with E-state index < -0.39 is 0 Å². The van der Waals surface area contributed by atoms with E-state index in [1.165, 1.54) is 4.70 Å². The number of nitrogens with zero attached hydrogens (tertiary/aromatic N) is 3. The van der Waals surface area contributed by atoms with Crippen LogP contribution in [0.1, 0.15) is 23.7 Å². The third-order valence-corrected chi connectivity index (χ3v) is 5.62. The van der Waals surface area contributed by atoms with Crippen LogP contribution in [0.25, 0.3) is 10.2 Å². The quantitative estimate of drug-likeness (QED) is 0.687. The molecule has 2 aromatic heterocycles. The van der Waals surface area contributed by atoms with E-state index in [2.05, 4.69) is 45.7 Å². The fourth-order valence-corrected chi connectivity index (χ4v) is 3.37. The topological polar surface area (TPSA) is 56.7 Å². The second-order valence-electron chi connectivity index (χ2n) is 4.43. The number of anilines is 1. The number of para-hydroxylation sites is 1. The van der Waals surface area contributed by atoms with E-state index in [4.69, 9.17) is 5.73 Å². The molecule has 1 aromatic carbocycles. The van der Waals surface area contributed by atoms with E-state index in [0.29, 0.717) is 5.82 Å². The number of aryl methyl sites for hydroxylation is 1. The number of aromatic nitrogens is 3. The lowest BCUT2D eigenvalue weighted by atomic mass is 10.3. The molecule has 0 saturated heterocycles. The third-order valence-electron chi connectivity index (χ3n) is 3.08. The second-order valence-corrected chi connectivity index (χ2v) is 6.57. The molecule has 4 nitrogen and oxygen atoms in total. The normalized spacial score (nSPS) is 13.0. The summed E-state index contributed by atoms with van der Waals surface area (Å²) in [6.45, 7) is 4.05. The zero-order valence-corrected chi connectivity index (χ0v) is 13.6. The summed E-state index contributed by atoms with van der Waals surface area (Å²) >= 11 is 3.93. The van der Waals surface area contributed by atoms with E-state index >= 15 is 0 Å². The van der Waals surface area contributed by atoms with E-state index in [1.54, 1.807) is 11.3 Å². The van der Waals surface area contributed by atoms with Gasteiger partial charge in [0.1, 0.15) is 16.9 Å². The number of halogens is 1. The number of nitrogen functional groups attached to an aromatic ring is 1. The van der Waals surface area contributed by atoms with Crippen molar-refractivity contribution in [1.29, 1.82) is 0 Å². The predicted octanol–water partition coefficient (Wildman–Crippen LogP) is 3.60. The number of hydrogen-bond donors (Lipinski definition) is 1. The SMILES string of the molecule is Cc1nn(C(C)c2nc3ccccc3s2)c(N)c1I. The number of hydrogen-bond acceptors (Lipinski definition) is 4. The first-order chi connectivity index (χ1) is 9.08. The molecule has 0 aliphatic carbocycles. The third kappa shape index (κ3) is 2.12. The molecule has 0 amide bonds. The molecule has 2 heterocycles. The van der Waals surface area contributed by atoms with Gasteiger partial charge in [0.25, 0.3) is 0 Å². The van der Waals surface area contributed by atoms with Crippen LogP contribution < -0.4 is 5.73 Å². The van der Waals surface area contributed by atoms with Gasteiger partial charge in [-0.25, -0.2) is 9.67 Å². The number of benzene rings is 1. The number of thiazole rings is 1. The lowest BCUT2D eigenvalue weighted by Crippen LogP contribution is -2.11. The maximum Gasteiger partial charge on any atom is 0.136 e. The van der Waals surface area contributed by atoms with Gasteiger partial charge in [0.2, 0.25) is 0 Å². The smallest absolute Gasteiger partial charge is 0.136 e. The van der Waals surface area contributed by atoms with Gasteiger partial charge in [0.05, 0.1) is 19.5 Å². The summed E-state index contributed by atoms with van der Waals surface area (Å²) < 4.78 is 4.07. The number of rotatable bonds is 2. The fourth-order valence-electron chi connectivity index (χ4n) is 2.01. The minimum Gasteiger partial charge on any atom is -0.383 e. The standard InChI is InChI=1S/C13H13IN4S/c1-7-11(14)12(15)18(17-7)8(2)13-16-9-5-3-4-6-10(9)19-13/h3-6,8H,15H2,1-2H3. The van der Waals surface area contributed by atoms with Crippen LogP contribution in [-0.4, -0.2) is 14.8 Å². The highest BCUT2D eigenvalue weighted by molar-refractivity contribution is 14.1. The Bertz CT molecular complexity index is 713. The van der Waals surface area contributed by atoms with Crippen molar-refractivity contribution in [3.05, 3.63) is 38.5 Å². The highest BCUT2D eigenvalue weighted by atomic mass is 127. The van der Waals surface area contributed by atoms with Crippen molar-refractivity contribution in [2.24, 2.45) is 0 Å². The summed E-state index contributed by atoms with van der Waals surface area (Å²) in [5.74, 6) is 0.713. The van der Waals surface area contributed by atoms with E-state index in [-0.39, 0.29) is 6.04 Å². The average molecular weight is 384 g/mol. The maximum atomic E-state index is 6.11. The van der Waals surface area contributed by atoms with Gasteiger partial charge < -0.3 is 5.73 Å². The van der Waals surface area contributed by atoms with Gasteiger partial charge >= 0.3 is 0 Å². The van der Waals surface area contributed by atoms with Crippen LogP contribution in [0, 0.1) is 10.5 Å². The minimum atomic E-state index is 0.0552. The molecule has 0 fully saturated rings. The van der Waals surface area contributed by atoms with Crippen LogP contribution in [-0.2, 0) is 0 Å². The summed E-state index contributed by atoms with van der Waals surface area (Å²) in [5, 5.41) is 5.54. The molecule has 3 rings (SSSR count). The Morgan fingerprint density at radius 2 is 2.11 bits per heavy atom. The Kier molecular flexibility index (Phi) is 3.22. The van der Waals surface area contributed by atoms with Crippen LogP contribution >= 0.6 is 33.9 Å². The van der Waals surface area contributed by atoms with Crippen molar-refractivity contribution in [2.45, 2.75) is 19.9 Å². The van der Waals surface area contributed by atoms with Crippen molar-refractivity contribution in [1.82, 2.24) is 14.8 Å². The Morgan fingerprint density at radius 1 is 1.37 bits per heavy atom. The lowest BCUT2D eigenvalue weighted by molar-refractivity contribution is 0.567. The van der Waals surface area contributed by atoms with Gasteiger partial charge in [-0.3, -0.25) is 0 Å². The molecule has 19 heavy (non-hydrogen) atoms. The van der Waals surface area contributed by atoms with Gasteiger partial charge in [-0.2, -0.15) is 5.10 Å². The summed E-state index contributed by atoms with van der Waals surface area (Å²) in [7, 11) is 0. The zero-order valence-electron chi connectivity index (χ0n) is 10.6. The molecule has 0 spiro atoms. The Hall–Kier alpha value is -1.15. The molecule has 98 valence electrons. The molecule has 6 heteroatoms. The van der Waals surface area contributed by atoms with E-state index in [0.717, 1.165) is 19.8 Å². The van der Waals surface area contributed by atoms with Crippen LogP contribution in [0.3, 0.4) is 0 Å². The first-order valence-corrected chi connectivity index (χ1v) is 7.83. The second kappa shape index (κ2) is 4.75. The molecule has 1 unspecified atom stereocenters. The molecule has 3 aromatic rings. The number of nitrogens with two attached hydrogens (primary N) is 1. The van der Waals surface area contributed by atoms with Gasteiger partial charge in [0.15, 0.2) is 0 Å². The predicted molar refractivity (Wildman–Crippen MR) is 87.5 cm³/mol. The van der Waals surface area contributed by atoms with Gasteiger partial charge in [-0.15, -0.1) is 11.3 Å². The van der Waals surface area contributed by atoms with Crippen molar-refractivity contribution < 1.29 is 0 Å². The molecule has 0 saturated carbocycles.